The zero-order chi connectivity index (χ0) is 11.5. The molecule has 0 aromatic carbocycles. The first-order valence-corrected chi connectivity index (χ1v) is 4.70. The molecule has 0 aliphatic heterocycles. The molecule has 0 spiro atoms. The second-order valence-corrected chi connectivity index (χ2v) is 3.34. The molecule has 16 heavy (non-hydrogen) atoms. The topological polar surface area (TPSA) is 80.9 Å². The molecule has 0 radical (unpaired) electrons. The fraction of sp³-hybridized carbons (Fsp3) is 0.200. The monoisotopic (exact) mass is 218 g/mol. The molecule has 0 atom stereocenters. The Kier molecular flexibility index (Phi) is 2.63. The van der Waals surface area contributed by atoms with Crippen LogP contribution in [-0.4, -0.2) is 30.8 Å². The minimum Gasteiger partial charge on any atom is -0.475 e. The maximum Gasteiger partial charge on any atom is 0.375 e. The highest BCUT2D eigenvalue weighted by Gasteiger charge is 2.09. The van der Waals surface area contributed by atoms with Crippen LogP contribution in [0.25, 0.3) is 0 Å². The third-order valence-electron chi connectivity index (χ3n) is 2.16. The van der Waals surface area contributed by atoms with E-state index in [0.717, 1.165) is 11.3 Å². The molecule has 0 bridgehead atoms. The van der Waals surface area contributed by atoms with Crippen molar-refractivity contribution >= 4 is 5.97 Å². The largest absolute Gasteiger partial charge is 0.475 e. The van der Waals surface area contributed by atoms with Gasteiger partial charge in [0.1, 0.15) is 6.33 Å². The van der Waals surface area contributed by atoms with Crippen LogP contribution in [0.5, 0.6) is 0 Å². The second kappa shape index (κ2) is 4.09. The molecule has 2 heterocycles. The predicted octanol–water partition coefficient (Wildman–Crippen LogP) is 0.728. The summed E-state index contributed by atoms with van der Waals surface area (Å²) in [5.41, 5.74) is 1.89. The number of hydrogen-bond donors (Lipinski definition) is 1. The van der Waals surface area contributed by atoms with Gasteiger partial charge in [0, 0.05) is 6.20 Å². The van der Waals surface area contributed by atoms with Crippen LogP contribution in [-0.2, 0) is 6.54 Å². The lowest BCUT2D eigenvalue weighted by atomic mass is 10.2. The third-order valence-corrected chi connectivity index (χ3v) is 2.16. The predicted molar refractivity (Wildman–Crippen MR) is 55.1 cm³/mol. The Balaban J connectivity index is 2.21. The molecule has 0 aliphatic rings. The van der Waals surface area contributed by atoms with E-state index in [1.54, 1.807) is 6.20 Å². The molecule has 2 rings (SSSR count). The molecule has 0 amide bonds. The summed E-state index contributed by atoms with van der Waals surface area (Å²) in [6.45, 7) is 2.37. The summed E-state index contributed by atoms with van der Waals surface area (Å²) < 4.78 is 1.46. The molecular formula is C10H10N4O2. The number of carbonyl (C=O) groups is 1. The fourth-order valence-electron chi connectivity index (χ4n) is 1.31. The van der Waals surface area contributed by atoms with Gasteiger partial charge in [-0.05, 0) is 18.6 Å². The average molecular weight is 218 g/mol. The Hall–Kier alpha value is -2.24. The van der Waals surface area contributed by atoms with Crippen molar-refractivity contribution in [1.29, 1.82) is 0 Å². The Morgan fingerprint density at radius 3 is 2.94 bits per heavy atom. The normalized spacial score (nSPS) is 10.3. The minimum atomic E-state index is -1.13. The molecule has 0 fully saturated rings. The molecule has 0 aliphatic carbocycles. The van der Waals surface area contributed by atoms with Crippen molar-refractivity contribution in [3.8, 4) is 0 Å². The molecule has 2 aromatic rings. The molecule has 2 aromatic heterocycles. The standard InChI is InChI=1S/C10H10N4O2/c1-7-3-2-4-11-8(7)5-14-6-12-9(13-14)10(15)16/h2-4,6H,5H2,1H3,(H,15,16). The summed E-state index contributed by atoms with van der Waals surface area (Å²) in [7, 11) is 0. The molecule has 0 saturated heterocycles. The number of aromatic carboxylic acids is 1. The van der Waals surface area contributed by atoms with Gasteiger partial charge in [-0.15, -0.1) is 5.10 Å². The molecule has 0 unspecified atom stereocenters. The quantitative estimate of drug-likeness (QED) is 0.821. The molecular weight excluding hydrogens is 208 g/mol. The molecule has 6 nitrogen and oxygen atoms in total. The summed E-state index contributed by atoms with van der Waals surface area (Å²) in [6, 6.07) is 3.79. The third kappa shape index (κ3) is 2.05. The van der Waals surface area contributed by atoms with Gasteiger partial charge in [-0.1, -0.05) is 6.07 Å². The van der Waals surface area contributed by atoms with Crippen LogP contribution >= 0.6 is 0 Å². The van der Waals surface area contributed by atoms with Gasteiger partial charge in [-0.25, -0.2) is 14.5 Å². The van der Waals surface area contributed by atoms with Gasteiger partial charge in [-0.3, -0.25) is 4.98 Å². The van der Waals surface area contributed by atoms with Crippen molar-refractivity contribution in [2.24, 2.45) is 0 Å². The van der Waals surface area contributed by atoms with Crippen LogP contribution in [0.15, 0.2) is 24.7 Å². The van der Waals surface area contributed by atoms with E-state index in [4.69, 9.17) is 5.11 Å². The van der Waals surface area contributed by atoms with Gasteiger partial charge in [0.15, 0.2) is 0 Å². The van der Waals surface area contributed by atoms with Gasteiger partial charge in [0.25, 0.3) is 5.82 Å². The highest BCUT2D eigenvalue weighted by Crippen LogP contribution is 2.04. The Bertz CT molecular complexity index is 521. The van der Waals surface area contributed by atoms with E-state index in [0.29, 0.717) is 6.54 Å². The van der Waals surface area contributed by atoms with Crippen molar-refractivity contribution in [1.82, 2.24) is 19.7 Å². The lowest BCUT2D eigenvalue weighted by Gasteiger charge is -2.02. The number of hydrogen-bond acceptors (Lipinski definition) is 4. The van der Waals surface area contributed by atoms with Crippen molar-refractivity contribution in [3.05, 3.63) is 41.7 Å². The lowest BCUT2D eigenvalue weighted by Crippen LogP contribution is -2.06. The molecule has 6 heteroatoms. The number of nitrogens with zero attached hydrogens (tertiary/aromatic N) is 4. The molecule has 0 saturated carbocycles. The van der Waals surface area contributed by atoms with Crippen molar-refractivity contribution in [2.45, 2.75) is 13.5 Å². The number of pyridine rings is 1. The highest BCUT2D eigenvalue weighted by atomic mass is 16.4. The highest BCUT2D eigenvalue weighted by molar-refractivity contribution is 5.82. The Morgan fingerprint density at radius 1 is 1.50 bits per heavy atom. The van der Waals surface area contributed by atoms with Gasteiger partial charge >= 0.3 is 5.97 Å². The van der Waals surface area contributed by atoms with E-state index in [1.807, 2.05) is 19.1 Å². The summed E-state index contributed by atoms with van der Waals surface area (Å²) in [6.07, 6.45) is 3.08. The fourth-order valence-corrected chi connectivity index (χ4v) is 1.31. The van der Waals surface area contributed by atoms with E-state index in [1.165, 1.54) is 11.0 Å². The summed E-state index contributed by atoms with van der Waals surface area (Å²) >= 11 is 0. The van der Waals surface area contributed by atoms with Crippen molar-refractivity contribution < 1.29 is 9.90 Å². The number of rotatable bonds is 3. The van der Waals surface area contributed by atoms with Crippen molar-refractivity contribution in [3.63, 3.8) is 0 Å². The number of aryl methyl sites for hydroxylation is 1. The van der Waals surface area contributed by atoms with Crippen LogP contribution in [0.1, 0.15) is 21.9 Å². The first-order chi connectivity index (χ1) is 7.66. The maximum absolute atomic E-state index is 10.6. The van der Waals surface area contributed by atoms with E-state index in [9.17, 15) is 4.79 Å². The van der Waals surface area contributed by atoms with E-state index < -0.39 is 5.97 Å². The van der Waals surface area contributed by atoms with Gasteiger partial charge in [-0.2, -0.15) is 0 Å². The van der Waals surface area contributed by atoms with Crippen LogP contribution in [0.3, 0.4) is 0 Å². The van der Waals surface area contributed by atoms with Gasteiger partial charge < -0.3 is 5.11 Å². The van der Waals surface area contributed by atoms with Crippen LogP contribution in [0.4, 0.5) is 0 Å². The summed E-state index contributed by atoms with van der Waals surface area (Å²) in [4.78, 5) is 18.4. The van der Waals surface area contributed by atoms with Gasteiger partial charge in [0.2, 0.25) is 0 Å². The van der Waals surface area contributed by atoms with Crippen LogP contribution in [0.2, 0.25) is 0 Å². The molecule has 1 N–H and O–H groups in total. The lowest BCUT2D eigenvalue weighted by molar-refractivity contribution is 0.0683. The van der Waals surface area contributed by atoms with Crippen LogP contribution in [0, 0.1) is 6.92 Å². The zero-order valence-corrected chi connectivity index (χ0v) is 8.66. The number of aromatic nitrogens is 4. The Morgan fingerprint density at radius 2 is 2.31 bits per heavy atom. The van der Waals surface area contributed by atoms with Gasteiger partial charge in [0.05, 0.1) is 12.2 Å². The van der Waals surface area contributed by atoms with E-state index in [2.05, 4.69) is 15.1 Å². The smallest absolute Gasteiger partial charge is 0.375 e. The number of carboxylic acid groups (broad SMARTS) is 1. The summed E-state index contributed by atoms with van der Waals surface area (Å²) in [5.74, 6) is -1.33. The zero-order valence-electron chi connectivity index (χ0n) is 8.66. The molecule has 82 valence electrons. The Labute approximate surface area is 91.6 Å². The first-order valence-electron chi connectivity index (χ1n) is 4.70. The minimum absolute atomic E-state index is 0.200. The second-order valence-electron chi connectivity index (χ2n) is 3.34. The van der Waals surface area contributed by atoms with E-state index in [-0.39, 0.29) is 5.82 Å². The average Bonchev–Trinajstić information content (AvgIpc) is 2.70. The first kappa shape index (κ1) is 10.3. The maximum atomic E-state index is 10.6. The van der Waals surface area contributed by atoms with Crippen LogP contribution < -0.4 is 0 Å². The summed E-state index contributed by atoms with van der Waals surface area (Å²) in [5, 5.41) is 12.5. The van der Waals surface area contributed by atoms with E-state index >= 15 is 0 Å². The van der Waals surface area contributed by atoms with Crippen molar-refractivity contribution in [2.75, 3.05) is 0 Å². The SMILES string of the molecule is Cc1cccnc1Cn1cnc(C(=O)O)n1. The number of carboxylic acids is 1.